The van der Waals surface area contributed by atoms with Crippen molar-refractivity contribution in [1.82, 2.24) is 9.80 Å². The van der Waals surface area contributed by atoms with E-state index in [0.717, 1.165) is 32.1 Å². The maximum Gasteiger partial charge on any atom is 0.304 e. The Kier molecular flexibility index (Phi) is 8.07. The molecule has 0 spiro atoms. The monoisotopic (exact) mass is 270 g/mol. The standard InChI is InChI=1S/C15H30N2O2/c1-3-5-6-14(4-2)13-17-11-9-16(10-12-17)8-7-15(18)19/h14H,3-13H2,1-2H3,(H,18,19). The molecule has 0 saturated carbocycles. The van der Waals surface area contributed by atoms with Gasteiger partial charge in [-0.1, -0.05) is 33.1 Å². The van der Waals surface area contributed by atoms with Crippen molar-refractivity contribution < 1.29 is 9.90 Å². The van der Waals surface area contributed by atoms with Gasteiger partial charge in [-0.25, -0.2) is 0 Å². The fraction of sp³-hybridized carbons (Fsp3) is 0.933. The molecule has 1 heterocycles. The van der Waals surface area contributed by atoms with Gasteiger partial charge in [0, 0.05) is 39.3 Å². The summed E-state index contributed by atoms with van der Waals surface area (Å²) in [5.74, 6) is 0.151. The Morgan fingerprint density at radius 1 is 1.16 bits per heavy atom. The molecule has 0 radical (unpaired) electrons. The van der Waals surface area contributed by atoms with Crippen LogP contribution in [0.15, 0.2) is 0 Å². The van der Waals surface area contributed by atoms with E-state index in [1.54, 1.807) is 0 Å². The molecule has 0 bridgehead atoms. The van der Waals surface area contributed by atoms with Crippen molar-refractivity contribution in [3.63, 3.8) is 0 Å². The highest BCUT2D eigenvalue weighted by atomic mass is 16.4. The first-order valence-electron chi connectivity index (χ1n) is 7.82. The number of hydrogen-bond donors (Lipinski definition) is 1. The predicted octanol–water partition coefficient (Wildman–Crippen LogP) is 2.30. The molecule has 1 atom stereocenters. The number of nitrogens with zero attached hydrogens (tertiary/aromatic N) is 2. The summed E-state index contributed by atoms with van der Waals surface area (Å²) in [6.07, 6.45) is 5.54. The van der Waals surface area contributed by atoms with Gasteiger partial charge in [-0.15, -0.1) is 0 Å². The molecule has 1 N–H and O–H groups in total. The first-order chi connectivity index (χ1) is 9.15. The molecule has 0 aliphatic carbocycles. The van der Waals surface area contributed by atoms with Crippen molar-refractivity contribution in [3.8, 4) is 0 Å². The lowest BCUT2D eigenvalue weighted by atomic mass is 9.98. The van der Waals surface area contributed by atoms with Gasteiger partial charge >= 0.3 is 5.97 Å². The van der Waals surface area contributed by atoms with Gasteiger partial charge in [0.05, 0.1) is 6.42 Å². The van der Waals surface area contributed by atoms with Gasteiger partial charge < -0.3 is 14.9 Å². The molecule has 4 heteroatoms. The minimum absolute atomic E-state index is 0.272. The quantitative estimate of drug-likeness (QED) is 0.698. The summed E-state index contributed by atoms with van der Waals surface area (Å²) in [6.45, 7) is 10.7. The van der Waals surface area contributed by atoms with E-state index in [1.165, 1.54) is 32.2 Å². The van der Waals surface area contributed by atoms with E-state index in [0.29, 0.717) is 6.54 Å². The van der Waals surface area contributed by atoms with E-state index in [2.05, 4.69) is 23.6 Å². The summed E-state index contributed by atoms with van der Waals surface area (Å²) < 4.78 is 0. The fourth-order valence-corrected chi connectivity index (χ4v) is 2.73. The molecule has 19 heavy (non-hydrogen) atoms. The molecule has 1 aliphatic heterocycles. The van der Waals surface area contributed by atoms with Gasteiger partial charge in [-0.2, -0.15) is 0 Å². The number of piperazine rings is 1. The molecule has 0 aromatic heterocycles. The van der Waals surface area contributed by atoms with E-state index in [1.807, 2.05) is 0 Å². The van der Waals surface area contributed by atoms with Gasteiger partial charge in [-0.05, 0) is 12.3 Å². The lowest BCUT2D eigenvalue weighted by molar-refractivity contribution is -0.137. The maximum atomic E-state index is 10.6. The van der Waals surface area contributed by atoms with Crippen molar-refractivity contribution in [2.45, 2.75) is 46.0 Å². The highest BCUT2D eigenvalue weighted by Gasteiger charge is 2.19. The largest absolute Gasteiger partial charge is 0.481 e. The molecule has 1 aliphatic rings. The van der Waals surface area contributed by atoms with E-state index in [-0.39, 0.29) is 6.42 Å². The van der Waals surface area contributed by atoms with Crippen LogP contribution in [0.4, 0.5) is 0 Å². The van der Waals surface area contributed by atoms with Crippen LogP contribution in [-0.4, -0.2) is 60.1 Å². The summed E-state index contributed by atoms with van der Waals surface area (Å²) in [6, 6.07) is 0. The highest BCUT2D eigenvalue weighted by Crippen LogP contribution is 2.15. The Balaban J connectivity index is 2.19. The molecule has 1 saturated heterocycles. The molecule has 112 valence electrons. The normalized spacial score (nSPS) is 19.5. The summed E-state index contributed by atoms with van der Waals surface area (Å²) in [7, 11) is 0. The zero-order chi connectivity index (χ0) is 14.1. The van der Waals surface area contributed by atoms with Crippen molar-refractivity contribution in [3.05, 3.63) is 0 Å². The Labute approximate surface area is 117 Å². The molecule has 1 fully saturated rings. The fourth-order valence-electron chi connectivity index (χ4n) is 2.73. The Morgan fingerprint density at radius 3 is 2.32 bits per heavy atom. The van der Waals surface area contributed by atoms with Crippen LogP contribution >= 0.6 is 0 Å². The van der Waals surface area contributed by atoms with E-state index < -0.39 is 5.97 Å². The van der Waals surface area contributed by atoms with Crippen LogP contribution in [0.3, 0.4) is 0 Å². The Morgan fingerprint density at radius 2 is 1.79 bits per heavy atom. The van der Waals surface area contributed by atoms with E-state index in [9.17, 15) is 4.79 Å². The lowest BCUT2D eigenvalue weighted by Crippen LogP contribution is -2.48. The van der Waals surface area contributed by atoms with Gasteiger partial charge in [0.25, 0.3) is 0 Å². The smallest absolute Gasteiger partial charge is 0.304 e. The second kappa shape index (κ2) is 9.32. The van der Waals surface area contributed by atoms with Crippen molar-refractivity contribution in [2.75, 3.05) is 39.3 Å². The van der Waals surface area contributed by atoms with Crippen LogP contribution in [0.1, 0.15) is 46.0 Å². The summed E-state index contributed by atoms with van der Waals surface area (Å²) >= 11 is 0. The first-order valence-corrected chi connectivity index (χ1v) is 7.82. The van der Waals surface area contributed by atoms with E-state index >= 15 is 0 Å². The predicted molar refractivity (Wildman–Crippen MR) is 78.4 cm³/mol. The zero-order valence-corrected chi connectivity index (χ0v) is 12.6. The maximum absolute atomic E-state index is 10.6. The van der Waals surface area contributed by atoms with Gasteiger partial charge in [-0.3, -0.25) is 4.79 Å². The van der Waals surface area contributed by atoms with Gasteiger partial charge in [0.15, 0.2) is 0 Å². The SMILES string of the molecule is CCCCC(CC)CN1CCN(CCC(=O)O)CC1. The van der Waals surface area contributed by atoms with Crippen LogP contribution in [0.2, 0.25) is 0 Å². The third kappa shape index (κ3) is 6.92. The van der Waals surface area contributed by atoms with Crippen LogP contribution < -0.4 is 0 Å². The minimum Gasteiger partial charge on any atom is -0.481 e. The molecule has 1 rings (SSSR count). The van der Waals surface area contributed by atoms with E-state index in [4.69, 9.17) is 5.11 Å². The topological polar surface area (TPSA) is 43.8 Å². The lowest BCUT2D eigenvalue weighted by Gasteiger charge is -2.36. The van der Waals surface area contributed by atoms with Crippen LogP contribution in [0.25, 0.3) is 0 Å². The number of carbonyl (C=O) groups is 1. The number of carboxylic acid groups (broad SMARTS) is 1. The average molecular weight is 270 g/mol. The molecule has 0 amide bonds. The number of aliphatic carboxylic acids is 1. The van der Waals surface area contributed by atoms with Gasteiger partial charge in [0.1, 0.15) is 0 Å². The second-order valence-electron chi connectivity index (χ2n) is 5.70. The number of hydrogen-bond acceptors (Lipinski definition) is 3. The van der Waals surface area contributed by atoms with Crippen molar-refractivity contribution in [1.29, 1.82) is 0 Å². The summed E-state index contributed by atoms with van der Waals surface area (Å²) in [4.78, 5) is 15.4. The van der Waals surface area contributed by atoms with Crippen LogP contribution in [-0.2, 0) is 4.79 Å². The third-order valence-electron chi connectivity index (χ3n) is 4.17. The summed E-state index contributed by atoms with van der Waals surface area (Å²) in [5.41, 5.74) is 0. The van der Waals surface area contributed by atoms with Crippen LogP contribution in [0, 0.1) is 5.92 Å². The van der Waals surface area contributed by atoms with Crippen molar-refractivity contribution in [2.24, 2.45) is 5.92 Å². The molecule has 4 nitrogen and oxygen atoms in total. The molecular weight excluding hydrogens is 240 g/mol. The van der Waals surface area contributed by atoms with Crippen LogP contribution in [0.5, 0.6) is 0 Å². The molecule has 1 unspecified atom stereocenters. The summed E-state index contributed by atoms with van der Waals surface area (Å²) in [5, 5.41) is 8.69. The van der Waals surface area contributed by atoms with Crippen molar-refractivity contribution >= 4 is 5.97 Å². The number of rotatable bonds is 9. The zero-order valence-electron chi connectivity index (χ0n) is 12.6. The van der Waals surface area contributed by atoms with Gasteiger partial charge in [0.2, 0.25) is 0 Å². The minimum atomic E-state index is -0.687. The second-order valence-corrected chi connectivity index (χ2v) is 5.70. The molecular formula is C15H30N2O2. The average Bonchev–Trinajstić information content (AvgIpc) is 2.42. The Hall–Kier alpha value is -0.610. The molecule has 0 aromatic carbocycles. The molecule has 0 aromatic rings. The highest BCUT2D eigenvalue weighted by molar-refractivity contribution is 5.66. The first kappa shape index (κ1) is 16.4. The number of unbranched alkanes of at least 4 members (excludes halogenated alkanes) is 1. The number of carboxylic acids is 1. The third-order valence-corrected chi connectivity index (χ3v) is 4.17. The Bertz CT molecular complexity index is 251.